The van der Waals surface area contributed by atoms with Crippen LogP contribution in [0.25, 0.3) is 0 Å². The maximum atomic E-state index is 13.2. The van der Waals surface area contributed by atoms with Gasteiger partial charge in [0.15, 0.2) is 5.85 Å². The van der Waals surface area contributed by atoms with Gasteiger partial charge in [-0.2, -0.15) is 0 Å². The van der Waals surface area contributed by atoms with Crippen LogP contribution < -0.4 is 10.5 Å². The van der Waals surface area contributed by atoms with Crippen molar-refractivity contribution in [3.05, 3.63) is 23.0 Å². The van der Waals surface area contributed by atoms with Crippen molar-refractivity contribution in [1.29, 1.82) is 0 Å². The van der Waals surface area contributed by atoms with Gasteiger partial charge < -0.3 is 15.0 Å². The minimum Gasteiger partial charge on any atom is -0.479 e. The third-order valence-electron chi connectivity index (χ3n) is 2.79. The molecule has 0 amide bonds. The van der Waals surface area contributed by atoms with E-state index in [4.69, 9.17) is 26.6 Å². The molecule has 1 aromatic rings. The summed E-state index contributed by atoms with van der Waals surface area (Å²) in [5.74, 6) is -1.09. The second-order valence-electron chi connectivity index (χ2n) is 4.39. The van der Waals surface area contributed by atoms with Crippen LogP contribution in [0.4, 0.5) is 10.1 Å². The maximum absolute atomic E-state index is 13.2. The summed E-state index contributed by atoms with van der Waals surface area (Å²) in [5, 5.41) is 0.0862. The molecule has 0 aliphatic rings. The van der Waals surface area contributed by atoms with Gasteiger partial charge in [0.05, 0.1) is 17.3 Å². The Morgan fingerprint density at radius 1 is 1.45 bits per heavy atom. The van der Waals surface area contributed by atoms with Crippen LogP contribution in [0.3, 0.4) is 0 Å². The molecule has 2 atom stereocenters. The normalized spacial score (nSPS) is 15.7. The van der Waals surface area contributed by atoms with Crippen LogP contribution in [0.15, 0.2) is 12.1 Å². The number of nitrogens with two attached hydrogens (primary N) is 1. The van der Waals surface area contributed by atoms with E-state index in [1.807, 2.05) is 6.92 Å². The molecule has 1 aromatic carbocycles. The lowest BCUT2D eigenvalue weighted by Crippen LogP contribution is -2.17. The Bertz CT molecular complexity index is 503. The fourth-order valence-electron chi connectivity index (χ4n) is 1.78. The van der Waals surface area contributed by atoms with Gasteiger partial charge in [0.2, 0.25) is 7.37 Å². The van der Waals surface area contributed by atoms with Gasteiger partial charge in [0.1, 0.15) is 11.6 Å². The van der Waals surface area contributed by atoms with Crippen molar-refractivity contribution in [2.75, 3.05) is 18.5 Å². The van der Waals surface area contributed by atoms with E-state index < -0.39 is 19.0 Å². The van der Waals surface area contributed by atoms with E-state index in [0.717, 1.165) is 6.07 Å². The molecule has 2 N–H and O–H groups in total. The average Bonchev–Trinajstić information content (AvgIpc) is 2.36. The van der Waals surface area contributed by atoms with Gasteiger partial charge in [-0.1, -0.05) is 18.5 Å². The van der Waals surface area contributed by atoms with Crippen LogP contribution in [0, 0.1) is 5.82 Å². The van der Waals surface area contributed by atoms with Gasteiger partial charge in [-0.15, -0.1) is 0 Å². The second kappa shape index (κ2) is 7.30. The van der Waals surface area contributed by atoms with E-state index in [2.05, 4.69) is 0 Å². The van der Waals surface area contributed by atoms with E-state index in [0.29, 0.717) is 19.2 Å². The number of ether oxygens (including phenoxy) is 1. The lowest BCUT2D eigenvalue weighted by atomic mass is 10.3. The first kappa shape index (κ1) is 17.3. The van der Waals surface area contributed by atoms with Crippen LogP contribution >= 0.6 is 19.0 Å². The molecule has 1 rings (SSSR count). The standard InChI is InChI=1S/C13H20ClFNO3P/c1-4-6-20(17,18-5-2)9(3)19-13-8-12(16)11(15)7-10(13)14/h7-9H,4-6,16H2,1-3H3. The average molecular weight is 324 g/mol. The number of benzene rings is 1. The van der Waals surface area contributed by atoms with Crippen molar-refractivity contribution in [3.63, 3.8) is 0 Å². The predicted molar refractivity (Wildman–Crippen MR) is 80.3 cm³/mol. The Morgan fingerprint density at radius 2 is 2.10 bits per heavy atom. The molecule has 4 nitrogen and oxygen atoms in total. The summed E-state index contributed by atoms with van der Waals surface area (Å²) in [6, 6.07) is 2.36. The van der Waals surface area contributed by atoms with Gasteiger partial charge >= 0.3 is 0 Å². The number of rotatable bonds is 7. The highest BCUT2D eigenvalue weighted by Crippen LogP contribution is 2.53. The fourth-order valence-corrected chi connectivity index (χ4v) is 4.01. The van der Waals surface area contributed by atoms with Crippen molar-refractivity contribution >= 4 is 24.7 Å². The maximum Gasteiger partial charge on any atom is 0.242 e. The van der Waals surface area contributed by atoms with E-state index in [-0.39, 0.29) is 16.5 Å². The molecule has 0 aliphatic heterocycles. The van der Waals surface area contributed by atoms with Crippen LogP contribution in [-0.2, 0) is 9.09 Å². The number of anilines is 1. The Labute approximate surface area is 123 Å². The highest BCUT2D eigenvalue weighted by Gasteiger charge is 2.32. The van der Waals surface area contributed by atoms with Crippen molar-refractivity contribution in [1.82, 2.24) is 0 Å². The summed E-state index contributed by atoms with van der Waals surface area (Å²) < 4.78 is 36.9. The predicted octanol–water partition coefficient (Wildman–Crippen LogP) is 4.51. The summed E-state index contributed by atoms with van der Waals surface area (Å²) >= 11 is 5.90. The number of halogens is 2. The highest BCUT2D eigenvalue weighted by molar-refractivity contribution is 7.59. The van der Waals surface area contributed by atoms with Crippen LogP contribution in [0.2, 0.25) is 5.02 Å². The van der Waals surface area contributed by atoms with Gasteiger partial charge in [-0.3, -0.25) is 4.57 Å². The zero-order valence-electron chi connectivity index (χ0n) is 11.9. The summed E-state index contributed by atoms with van der Waals surface area (Å²) in [6.45, 7) is 5.69. The van der Waals surface area contributed by atoms with Crippen molar-refractivity contribution in [2.45, 2.75) is 33.0 Å². The Kier molecular flexibility index (Phi) is 6.31. The first-order chi connectivity index (χ1) is 9.34. The minimum atomic E-state index is -2.94. The monoisotopic (exact) mass is 323 g/mol. The zero-order chi connectivity index (χ0) is 15.3. The largest absolute Gasteiger partial charge is 0.479 e. The first-order valence-electron chi connectivity index (χ1n) is 6.48. The Balaban J connectivity index is 2.96. The van der Waals surface area contributed by atoms with Gasteiger partial charge in [-0.05, 0) is 26.3 Å². The molecule has 20 heavy (non-hydrogen) atoms. The van der Waals surface area contributed by atoms with E-state index >= 15 is 0 Å². The SMILES string of the molecule is CCCP(=O)(OCC)C(C)Oc1cc(N)c(F)cc1Cl. The summed E-state index contributed by atoms with van der Waals surface area (Å²) in [4.78, 5) is 0. The first-order valence-corrected chi connectivity index (χ1v) is 8.74. The van der Waals surface area contributed by atoms with Crippen molar-refractivity contribution in [3.8, 4) is 5.75 Å². The minimum absolute atomic E-state index is 0.0710. The smallest absolute Gasteiger partial charge is 0.242 e. The van der Waals surface area contributed by atoms with E-state index in [1.165, 1.54) is 6.07 Å². The number of hydrogen-bond donors (Lipinski definition) is 1. The molecule has 0 aromatic heterocycles. The lowest BCUT2D eigenvalue weighted by molar-refractivity contribution is 0.242. The van der Waals surface area contributed by atoms with Crippen LogP contribution in [0.1, 0.15) is 27.2 Å². The molecule has 0 heterocycles. The fraction of sp³-hybridized carbons (Fsp3) is 0.538. The molecule has 0 saturated heterocycles. The van der Waals surface area contributed by atoms with Gasteiger partial charge in [0, 0.05) is 12.2 Å². The highest BCUT2D eigenvalue weighted by atomic mass is 35.5. The Hall–Kier alpha value is -0.770. The Morgan fingerprint density at radius 3 is 2.65 bits per heavy atom. The lowest BCUT2D eigenvalue weighted by Gasteiger charge is -2.25. The van der Waals surface area contributed by atoms with Crippen molar-refractivity contribution < 1.29 is 18.2 Å². The molecule has 0 fully saturated rings. The molecule has 0 saturated carbocycles. The van der Waals surface area contributed by atoms with Crippen molar-refractivity contribution in [2.24, 2.45) is 0 Å². The molecule has 114 valence electrons. The summed E-state index contributed by atoms with van der Waals surface area (Å²) in [6.07, 6.45) is 1.13. The number of hydrogen-bond acceptors (Lipinski definition) is 4. The molecule has 0 radical (unpaired) electrons. The van der Waals surface area contributed by atoms with E-state index in [1.54, 1.807) is 13.8 Å². The molecule has 7 heteroatoms. The van der Waals surface area contributed by atoms with Gasteiger partial charge in [0.25, 0.3) is 0 Å². The molecular formula is C13H20ClFNO3P. The molecule has 0 aliphatic carbocycles. The number of nitrogen functional groups attached to an aromatic ring is 1. The molecule has 0 spiro atoms. The molecule has 2 unspecified atom stereocenters. The zero-order valence-corrected chi connectivity index (χ0v) is 13.5. The quantitative estimate of drug-likeness (QED) is 0.592. The van der Waals surface area contributed by atoms with E-state index in [9.17, 15) is 8.96 Å². The van der Waals surface area contributed by atoms with Gasteiger partial charge in [-0.25, -0.2) is 4.39 Å². The molecule has 0 bridgehead atoms. The third-order valence-corrected chi connectivity index (χ3v) is 6.06. The summed E-state index contributed by atoms with van der Waals surface area (Å²) in [7, 11) is -2.94. The second-order valence-corrected chi connectivity index (χ2v) is 7.68. The topological polar surface area (TPSA) is 61.5 Å². The summed E-state index contributed by atoms with van der Waals surface area (Å²) in [5.41, 5.74) is 5.41. The van der Waals surface area contributed by atoms with Crippen LogP contribution in [-0.4, -0.2) is 18.6 Å². The van der Waals surface area contributed by atoms with Crippen LogP contribution in [0.5, 0.6) is 5.75 Å². The molecular weight excluding hydrogens is 304 g/mol. The third kappa shape index (κ3) is 4.11.